The normalized spacial score (nSPS) is 10.1. The summed E-state index contributed by atoms with van der Waals surface area (Å²) in [5, 5.41) is 1.01. The highest BCUT2D eigenvalue weighted by atomic mass is 32.1. The zero-order chi connectivity index (χ0) is 10.2. The summed E-state index contributed by atoms with van der Waals surface area (Å²) >= 11 is 1.66. The zero-order valence-corrected chi connectivity index (χ0v) is 9.61. The fourth-order valence-corrected chi connectivity index (χ4v) is 1.95. The number of ether oxygens (including phenoxy) is 1. The lowest BCUT2D eigenvalue weighted by atomic mass is 10.2. The highest BCUT2D eigenvalue weighted by molar-refractivity contribution is 7.14. The Morgan fingerprint density at radius 3 is 2.86 bits per heavy atom. The summed E-state index contributed by atoms with van der Waals surface area (Å²) in [7, 11) is 0. The highest BCUT2D eigenvalue weighted by Crippen LogP contribution is 2.25. The van der Waals surface area contributed by atoms with E-state index in [1.165, 1.54) is 24.1 Å². The van der Waals surface area contributed by atoms with Crippen molar-refractivity contribution in [3.63, 3.8) is 0 Å². The van der Waals surface area contributed by atoms with Gasteiger partial charge in [0.15, 0.2) is 5.06 Å². The van der Waals surface area contributed by atoms with Crippen molar-refractivity contribution in [2.45, 2.75) is 32.6 Å². The van der Waals surface area contributed by atoms with Crippen LogP contribution in [0.5, 0.6) is 5.06 Å². The molecular weight excluding hydrogens is 192 g/mol. The van der Waals surface area contributed by atoms with Crippen molar-refractivity contribution in [2.24, 2.45) is 0 Å². The maximum atomic E-state index is 5.61. The van der Waals surface area contributed by atoms with Crippen molar-refractivity contribution in [3.8, 4) is 5.06 Å². The Morgan fingerprint density at radius 2 is 2.21 bits per heavy atom. The molecule has 78 valence electrons. The Hall–Kier alpha value is -0.760. The predicted octanol–water partition coefficient (Wildman–Crippen LogP) is 4.35. The lowest BCUT2D eigenvalue weighted by molar-refractivity contribution is 0.313. The number of unbranched alkanes of at least 4 members (excludes halogenated alkanes) is 3. The van der Waals surface area contributed by atoms with Crippen LogP contribution in [0.4, 0.5) is 0 Å². The average Bonchev–Trinajstić information content (AvgIpc) is 2.65. The van der Waals surface area contributed by atoms with Crippen LogP contribution in [0.25, 0.3) is 6.08 Å². The third-order valence-corrected chi connectivity index (χ3v) is 3.04. The number of thiophene rings is 1. The first-order chi connectivity index (χ1) is 6.86. The van der Waals surface area contributed by atoms with E-state index in [4.69, 9.17) is 4.74 Å². The SMILES string of the molecule is C=Cc1ccc(OCCCCCC)s1. The van der Waals surface area contributed by atoms with Gasteiger partial charge in [0, 0.05) is 4.88 Å². The van der Waals surface area contributed by atoms with E-state index in [-0.39, 0.29) is 0 Å². The first-order valence-electron chi connectivity index (χ1n) is 5.22. The van der Waals surface area contributed by atoms with Crippen LogP contribution in [0.3, 0.4) is 0 Å². The third-order valence-electron chi connectivity index (χ3n) is 2.05. The van der Waals surface area contributed by atoms with Crippen LogP contribution in [0.15, 0.2) is 18.7 Å². The van der Waals surface area contributed by atoms with Gasteiger partial charge < -0.3 is 4.74 Å². The molecule has 0 saturated carbocycles. The van der Waals surface area contributed by atoms with E-state index in [2.05, 4.69) is 13.5 Å². The molecule has 0 amide bonds. The summed E-state index contributed by atoms with van der Waals surface area (Å²) in [6.07, 6.45) is 6.88. The summed E-state index contributed by atoms with van der Waals surface area (Å²) in [5.74, 6) is 0. The van der Waals surface area contributed by atoms with E-state index in [0.29, 0.717) is 0 Å². The topological polar surface area (TPSA) is 9.23 Å². The van der Waals surface area contributed by atoms with Crippen molar-refractivity contribution in [1.29, 1.82) is 0 Å². The van der Waals surface area contributed by atoms with E-state index >= 15 is 0 Å². The Bertz CT molecular complexity index is 265. The Balaban J connectivity index is 2.14. The van der Waals surface area contributed by atoms with Crippen molar-refractivity contribution in [2.75, 3.05) is 6.61 Å². The smallest absolute Gasteiger partial charge is 0.174 e. The minimum atomic E-state index is 0.844. The lowest BCUT2D eigenvalue weighted by Gasteiger charge is -2.01. The van der Waals surface area contributed by atoms with Crippen molar-refractivity contribution >= 4 is 17.4 Å². The molecule has 1 nitrogen and oxygen atoms in total. The fraction of sp³-hybridized carbons (Fsp3) is 0.500. The molecule has 0 aliphatic rings. The van der Waals surface area contributed by atoms with Gasteiger partial charge in [-0.3, -0.25) is 0 Å². The van der Waals surface area contributed by atoms with Crippen LogP contribution in [0, 0.1) is 0 Å². The van der Waals surface area contributed by atoms with Gasteiger partial charge in [0.1, 0.15) is 0 Å². The molecule has 0 radical (unpaired) electrons. The first-order valence-corrected chi connectivity index (χ1v) is 6.03. The van der Waals surface area contributed by atoms with Gasteiger partial charge in [0.05, 0.1) is 6.61 Å². The molecule has 1 aromatic rings. The first kappa shape index (κ1) is 11.3. The molecule has 1 rings (SSSR count). The van der Waals surface area contributed by atoms with Crippen molar-refractivity contribution in [1.82, 2.24) is 0 Å². The maximum Gasteiger partial charge on any atom is 0.174 e. The molecule has 1 heterocycles. The fourth-order valence-electron chi connectivity index (χ4n) is 1.22. The van der Waals surface area contributed by atoms with E-state index < -0.39 is 0 Å². The summed E-state index contributed by atoms with van der Waals surface area (Å²) in [5.41, 5.74) is 0. The molecule has 0 aromatic carbocycles. The van der Waals surface area contributed by atoms with Gasteiger partial charge in [-0.2, -0.15) is 0 Å². The van der Waals surface area contributed by atoms with Gasteiger partial charge in [-0.1, -0.05) is 50.2 Å². The van der Waals surface area contributed by atoms with Gasteiger partial charge >= 0.3 is 0 Å². The van der Waals surface area contributed by atoms with E-state index in [0.717, 1.165) is 18.1 Å². The highest BCUT2D eigenvalue weighted by Gasteiger charge is 1.97. The van der Waals surface area contributed by atoms with Crippen molar-refractivity contribution < 1.29 is 4.74 Å². The van der Waals surface area contributed by atoms with E-state index in [1.54, 1.807) is 11.3 Å². The molecule has 0 atom stereocenters. The van der Waals surface area contributed by atoms with Crippen LogP contribution in [-0.2, 0) is 0 Å². The van der Waals surface area contributed by atoms with Crippen LogP contribution >= 0.6 is 11.3 Å². The minimum absolute atomic E-state index is 0.844. The molecular formula is C12H18OS. The van der Waals surface area contributed by atoms with Crippen LogP contribution in [0.2, 0.25) is 0 Å². The average molecular weight is 210 g/mol. The number of hydrogen-bond acceptors (Lipinski definition) is 2. The van der Waals surface area contributed by atoms with Crippen molar-refractivity contribution in [3.05, 3.63) is 23.6 Å². The monoisotopic (exact) mass is 210 g/mol. The second kappa shape index (κ2) is 6.66. The Labute approximate surface area is 90.4 Å². The third kappa shape index (κ3) is 3.97. The molecule has 0 saturated heterocycles. The summed E-state index contributed by atoms with van der Waals surface area (Å²) in [6, 6.07) is 4.06. The molecule has 1 aromatic heterocycles. The number of hydrogen-bond donors (Lipinski definition) is 0. The lowest BCUT2D eigenvalue weighted by Crippen LogP contribution is -1.94. The van der Waals surface area contributed by atoms with E-state index in [9.17, 15) is 0 Å². The quantitative estimate of drug-likeness (QED) is 0.608. The molecule has 0 bridgehead atoms. The zero-order valence-electron chi connectivity index (χ0n) is 8.79. The molecule has 0 N–H and O–H groups in total. The van der Waals surface area contributed by atoms with Gasteiger partial charge in [-0.25, -0.2) is 0 Å². The largest absolute Gasteiger partial charge is 0.484 e. The number of rotatable bonds is 7. The van der Waals surface area contributed by atoms with Crippen LogP contribution in [-0.4, -0.2) is 6.61 Å². The van der Waals surface area contributed by atoms with Crippen LogP contribution < -0.4 is 4.74 Å². The Kier molecular flexibility index (Phi) is 5.38. The maximum absolute atomic E-state index is 5.61. The Morgan fingerprint density at radius 1 is 1.36 bits per heavy atom. The molecule has 0 aliphatic carbocycles. The van der Waals surface area contributed by atoms with Gasteiger partial charge in [0.2, 0.25) is 0 Å². The summed E-state index contributed by atoms with van der Waals surface area (Å²) in [6.45, 7) is 6.78. The molecule has 0 spiro atoms. The van der Waals surface area contributed by atoms with E-state index in [1.807, 2.05) is 18.2 Å². The predicted molar refractivity (Wildman–Crippen MR) is 64.0 cm³/mol. The van der Waals surface area contributed by atoms with Crippen LogP contribution in [0.1, 0.15) is 37.5 Å². The second-order valence-corrected chi connectivity index (χ2v) is 4.35. The summed E-state index contributed by atoms with van der Waals surface area (Å²) < 4.78 is 5.61. The molecule has 14 heavy (non-hydrogen) atoms. The standard InChI is InChI=1S/C12H18OS/c1-3-5-6-7-10-13-12-9-8-11(4-2)14-12/h4,8-9H,2-3,5-7,10H2,1H3. The van der Waals surface area contributed by atoms with Gasteiger partial charge in [0.25, 0.3) is 0 Å². The second-order valence-electron chi connectivity index (χ2n) is 3.27. The van der Waals surface area contributed by atoms with Gasteiger partial charge in [-0.05, 0) is 18.6 Å². The molecule has 0 fully saturated rings. The minimum Gasteiger partial charge on any atom is -0.484 e. The molecule has 2 heteroatoms. The molecule has 0 unspecified atom stereocenters. The molecule has 0 aliphatic heterocycles. The summed E-state index contributed by atoms with van der Waals surface area (Å²) in [4.78, 5) is 1.17. The van der Waals surface area contributed by atoms with Gasteiger partial charge in [-0.15, -0.1) is 0 Å².